The number of hydrogen-bond acceptors (Lipinski definition) is 4. The molecule has 3 aromatic rings. The van der Waals surface area contributed by atoms with Crippen molar-refractivity contribution in [3.63, 3.8) is 0 Å². The Kier molecular flexibility index (Phi) is 5.35. The summed E-state index contributed by atoms with van der Waals surface area (Å²) in [4.78, 5) is 10.1. The highest BCUT2D eigenvalue weighted by molar-refractivity contribution is 7.13. The molecule has 0 radical (unpaired) electrons. The van der Waals surface area contributed by atoms with Gasteiger partial charge in [0.25, 0.3) is 0 Å². The van der Waals surface area contributed by atoms with E-state index in [0.29, 0.717) is 17.2 Å². The predicted molar refractivity (Wildman–Crippen MR) is 114 cm³/mol. The van der Waals surface area contributed by atoms with Crippen LogP contribution in [0.4, 0.5) is 0 Å². The van der Waals surface area contributed by atoms with Gasteiger partial charge in [0.2, 0.25) is 5.28 Å². The Morgan fingerprint density at radius 1 is 1.44 bits per heavy atom. The number of halogens is 1. The molecule has 0 amide bonds. The molecule has 3 heterocycles. The Balaban J connectivity index is 1.75. The van der Waals surface area contributed by atoms with Gasteiger partial charge in [-0.15, -0.1) is 11.3 Å². The summed E-state index contributed by atoms with van der Waals surface area (Å²) in [5.74, 6) is 0.602. The fourth-order valence-corrected chi connectivity index (χ4v) is 5.10. The van der Waals surface area contributed by atoms with Gasteiger partial charge in [-0.2, -0.15) is 4.98 Å². The molecule has 1 saturated carbocycles. The highest BCUT2D eigenvalue weighted by Crippen LogP contribution is 2.40. The molecule has 1 aliphatic carbocycles. The van der Waals surface area contributed by atoms with Crippen LogP contribution in [-0.4, -0.2) is 21.1 Å². The van der Waals surface area contributed by atoms with E-state index in [1.165, 1.54) is 28.0 Å². The van der Waals surface area contributed by atoms with Crippen molar-refractivity contribution < 1.29 is 0 Å². The Labute approximate surface area is 169 Å². The maximum atomic E-state index is 6.13. The third-order valence-electron chi connectivity index (χ3n) is 5.68. The Bertz CT molecular complexity index is 987. The van der Waals surface area contributed by atoms with Crippen molar-refractivity contribution in [2.24, 2.45) is 11.7 Å². The Morgan fingerprint density at radius 2 is 2.30 bits per heavy atom. The van der Waals surface area contributed by atoms with E-state index in [2.05, 4.69) is 52.1 Å². The van der Waals surface area contributed by atoms with E-state index in [1.54, 1.807) is 11.3 Å². The molecule has 0 saturated heterocycles. The summed E-state index contributed by atoms with van der Waals surface area (Å²) in [7, 11) is 0. The van der Waals surface area contributed by atoms with E-state index in [-0.39, 0.29) is 0 Å². The zero-order valence-electron chi connectivity index (χ0n) is 15.8. The molecule has 27 heavy (non-hydrogen) atoms. The number of allylic oxidation sites excluding steroid dienone is 2. The first kappa shape index (κ1) is 18.7. The number of rotatable bonds is 5. The standard InChI is InChI=1S/C21H25ClN4S/c1-3-13(2)6-15-8-19(27-12-15)18-11-26(16-5-4-14(7-16)9-23)20-17(18)10-24-21(22)25-20/h3,8,10-12,14,16H,4-7,9,23H2,1-2H3/b13-3+/t14-,16+/m1/s1. The maximum Gasteiger partial charge on any atom is 0.224 e. The van der Waals surface area contributed by atoms with Gasteiger partial charge in [0, 0.05) is 34.3 Å². The van der Waals surface area contributed by atoms with Crippen molar-refractivity contribution >= 4 is 34.0 Å². The van der Waals surface area contributed by atoms with Crippen LogP contribution in [0.1, 0.15) is 44.7 Å². The summed E-state index contributed by atoms with van der Waals surface area (Å²) < 4.78 is 2.31. The van der Waals surface area contributed by atoms with Crippen LogP contribution in [-0.2, 0) is 6.42 Å². The lowest BCUT2D eigenvalue weighted by Gasteiger charge is -2.13. The highest BCUT2D eigenvalue weighted by atomic mass is 35.5. The minimum atomic E-state index is 0.303. The molecule has 1 aliphatic rings. The van der Waals surface area contributed by atoms with Gasteiger partial charge in [-0.05, 0) is 80.6 Å². The third-order valence-corrected chi connectivity index (χ3v) is 6.87. The molecule has 0 aliphatic heterocycles. The van der Waals surface area contributed by atoms with Crippen LogP contribution in [0.5, 0.6) is 0 Å². The fraction of sp³-hybridized carbons (Fsp3) is 0.429. The van der Waals surface area contributed by atoms with Gasteiger partial charge in [-0.3, -0.25) is 0 Å². The van der Waals surface area contributed by atoms with Gasteiger partial charge < -0.3 is 10.3 Å². The molecular formula is C21H25ClN4S. The lowest BCUT2D eigenvalue weighted by Crippen LogP contribution is -2.12. The van der Waals surface area contributed by atoms with E-state index in [9.17, 15) is 0 Å². The van der Waals surface area contributed by atoms with Gasteiger partial charge in [-0.25, -0.2) is 4.98 Å². The zero-order chi connectivity index (χ0) is 19.0. The molecule has 4 nitrogen and oxygen atoms in total. The normalized spacial score (nSPS) is 20.7. The van der Waals surface area contributed by atoms with E-state index < -0.39 is 0 Å². The third kappa shape index (κ3) is 3.68. The number of nitrogens with two attached hydrogens (primary N) is 1. The van der Waals surface area contributed by atoms with E-state index in [4.69, 9.17) is 17.3 Å². The van der Waals surface area contributed by atoms with Crippen molar-refractivity contribution in [2.45, 2.75) is 45.6 Å². The van der Waals surface area contributed by atoms with Crippen LogP contribution in [0.2, 0.25) is 5.28 Å². The summed E-state index contributed by atoms with van der Waals surface area (Å²) in [6.07, 6.45) is 10.7. The fourth-order valence-electron chi connectivity index (χ4n) is 4.03. The van der Waals surface area contributed by atoms with Crippen LogP contribution < -0.4 is 5.73 Å². The maximum absolute atomic E-state index is 6.13. The molecule has 0 unspecified atom stereocenters. The second kappa shape index (κ2) is 7.74. The number of nitrogens with zero attached hydrogens (tertiary/aromatic N) is 3. The minimum Gasteiger partial charge on any atom is -0.330 e. The van der Waals surface area contributed by atoms with Gasteiger partial charge >= 0.3 is 0 Å². The second-order valence-corrected chi connectivity index (χ2v) is 8.78. The van der Waals surface area contributed by atoms with Gasteiger partial charge in [0.1, 0.15) is 5.65 Å². The van der Waals surface area contributed by atoms with Gasteiger partial charge in [0.05, 0.1) is 0 Å². The molecule has 3 aromatic heterocycles. The van der Waals surface area contributed by atoms with Crippen molar-refractivity contribution in [1.29, 1.82) is 0 Å². The molecule has 0 spiro atoms. The average Bonchev–Trinajstić information content (AvgIpc) is 3.38. The van der Waals surface area contributed by atoms with Crippen LogP contribution in [0, 0.1) is 5.92 Å². The molecule has 4 rings (SSSR count). The molecule has 6 heteroatoms. The SMILES string of the molecule is C/C=C(\C)Cc1csc(-c2cn([C@H]3CC[C@@H](CN)C3)c3nc(Cl)ncc23)c1. The van der Waals surface area contributed by atoms with E-state index >= 15 is 0 Å². The molecule has 1 fully saturated rings. The zero-order valence-corrected chi connectivity index (χ0v) is 17.4. The smallest absolute Gasteiger partial charge is 0.224 e. The quantitative estimate of drug-likeness (QED) is 0.446. The summed E-state index contributed by atoms with van der Waals surface area (Å²) in [5.41, 5.74) is 10.8. The van der Waals surface area contributed by atoms with Crippen LogP contribution in [0.15, 0.2) is 35.5 Å². The van der Waals surface area contributed by atoms with Crippen LogP contribution in [0.3, 0.4) is 0 Å². The molecule has 2 N–H and O–H groups in total. The number of aromatic nitrogens is 3. The topological polar surface area (TPSA) is 56.7 Å². The van der Waals surface area contributed by atoms with Gasteiger partial charge in [0.15, 0.2) is 0 Å². The van der Waals surface area contributed by atoms with Crippen LogP contribution >= 0.6 is 22.9 Å². The van der Waals surface area contributed by atoms with E-state index in [1.807, 2.05) is 6.20 Å². The first-order valence-corrected chi connectivity index (χ1v) is 10.8. The van der Waals surface area contributed by atoms with Crippen molar-refractivity contribution in [2.75, 3.05) is 6.54 Å². The first-order valence-electron chi connectivity index (χ1n) is 9.51. The lowest BCUT2D eigenvalue weighted by molar-refractivity contribution is 0.490. The van der Waals surface area contributed by atoms with Crippen LogP contribution in [0.25, 0.3) is 21.5 Å². The summed E-state index contributed by atoms with van der Waals surface area (Å²) in [6, 6.07) is 2.73. The molecule has 2 atom stereocenters. The lowest BCUT2D eigenvalue weighted by atomic mass is 10.1. The Hall–Kier alpha value is -1.69. The van der Waals surface area contributed by atoms with E-state index in [0.717, 1.165) is 36.8 Å². The predicted octanol–water partition coefficient (Wildman–Crippen LogP) is 5.62. The molecule has 0 aromatic carbocycles. The van der Waals surface area contributed by atoms with Crippen molar-refractivity contribution in [3.05, 3.63) is 46.3 Å². The average molecular weight is 401 g/mol. The second-order valence-electron chi connectivity index (χ2n) is 7.53. The first-order chi connectivity index (χ1) is 13.1. The molecule has 142 valence electrons. The summed E-state index contributed by atoms with van der Waals surface area (Å²) in [5, 5.41) is 3.63. The summed E-state index contributed by atoms with van der Waals surface area (Å²) in [6.45, 7) is 5.03. The largest absolute Gasteiger partial charge is 0.330 e. The Morgan fingerprint density at radius 3 is 3.04 bits per heavy atom. The minimum absolute atomic E-state index is 0.303. The van der Waals surface area contributed by atoms with Crippen molar-refractivity contribution in [1.82, 2.24) is 14.5 Å². The number of thiophene rings is 1. The summed E-state index contributed by atoms with van der Waals surface area (Å²) >= 11 is 7.91. The number of fused-ring (bicyclic) bond motifs is 1. The monoisotopic (exact) mass is 400 g/mol. The highest BCUT2D eigenvalue weighted by Gasteiger charge is 2.27. The molecule has 0 bridgehead atoms. The van der Waals surface area contributed by atoms with Gasteiger partial charge in [-0.1, -0.05) is 11.6 Å². The van der Waals surface area contributed by atoms with Crippen molar-refractivity contribution in [3.8, 4) is 10.4 Å². The molecular weight excluding hydrogens is 376 g/mol. The number of hydrogen-bond donors (Lipinski definition) is 1.